The monoisotopic (exact) mass is 432 g/mol. The second-order valence-electron chi connectivity index (χ2n) is 7.09. The van der Waals surface area contributed by atoms with Crippen molar-refractivity contribution in [1.29, 1.82) is 0 Å². The van der Waals surface area contributed by atoms with Crippen molar-refractivity contribution < 1.29 is 19.1 Å². The van der Waals surface area contributed by atoms with Crippen LogP contribution in [0.2, 0.25) is 0 Å². The summed E-state index contributed by atoms with van der Waals surface area (Å²) in [6, 6.07) is 13.3. The third-order valence-electron chi connectivity index (χ3n) is 4.96. The van der Waals surface area contributed by atoms with Crippen LogP contribution < -0.4 is 20.1 Å². The highest BCUT2D eigenvalue weighted by Crippen LogP contribution is 2.29. The Morgan fingerprint density at radius 1 is 1.13 bits per heavy atom. The predicted molar refractivity (Wildman–Crippen MR) is 120 cm³/mol. The molecule has 0 spiro atoms. The van der Waals surface area contributed by atoms with Crippen molar-refractivity contribution in [2.45, 2.75) is 32.1 Å². The molecule has 2 N–H and O–H groups in total. The number of methoxy groups -OCH3 is 1. The molecule has 0 unspecified atom stereocenters. The first kappa shape index (κ1) is 23.7. The van der Waals surface area contributed by atoms with Gasteiger partial charge in [0.25, 0.3) is 5.91 Å². The van der Waals surface area contributed by atoms with Gasteiger partial charge in [-0.1, -0.05) is 24.6 Å². The smallest absolute Gasteiger partial charge is 0.262 e. The standard InChI is InChI=1S/C23H28N2O4.ClH/c1-28-21-9-5-4-7-17(21)12-14-24-13-6-2-3-8-20(26)18-10-11-22-19(15-18)25-23(27)16-29-22;/h4-5,7,9-11,15,24H,2-3,6,8,12-14,16H2,1H3,(H,25,27);1H. The largest absolute Gasteiger partial charge is 0.496 e. The minimum absolute atomic E-state index is 0. The number of anilines is 1. The van der Waals surface area contributed by atoms with Crippen LogP contribution in [0.5, 0.6) is 11.5 Å². The van der Waals surface area contributed by atoms with Crippen molar-refractivity contribution >= 4 is 29.8 Å². The van der Waals surface area contributed by atoms with Gasteiger partial charge in [0.2, 0.25) is 0 Å². The highest BCUT2D eigenvalue weighted by Gasteiger charge is 2.17. The maximum absolute atomic E-state index is 12.4. The van der Waals surface area contributed by atoms with Crippen molar-refractivity contribution in [3.8, 4) is 11.5 Å². The number of ketones is 1. The maximum atomic E-state index is 12.4. The van der Waals surface area contributed by atoms with Gasteiger partial charge < -0.3 is 20.1 Å². The Morgan fingerprint density at radius 2 is 1.97 bits per heavy atom. The summed E-state index contributed by atoms with van der Waals surface area (Å²) in [4.78, 5) is 23.8. The lowest BCUT2D eigenvalue weighted by Crippen LogP contribution is -2.25. The van der Waals surface area contributed by atoms with Crippen LogP contribution in [0.25, 0.3) is 0 Å². The third-order valence-corrected chi connectivity index (χ3v) is 4.96. The summed E-state index contributed by atoms with van der Waals surface area (Å²) in [5, 5.41) is 6.19. The molecule has 0 bridgehead atoms. The highest BCUT2D eigenvalue weighted by molar-refractivity contribution is 6.00. The van der Waals surface area contributed by atoms with E-state index in [1.165, 1.54) is 5.56 Å². The summed E-state index contributed by atoms with van der Waals surface area (Å²) in [5.41, 5.74) is 2.40. The van der Waals surface area contributed by atoms with E-state index in [4.69, 9.17) is 9.47 Å². The molecule has 1 amide bonds. The molecule has 162 valence electrons. The molecule has 30 heavy (non-hydrogen) atoms. The van der Waals surface area contributed by atoms with Gasteiger partial charge in [-0.3, -0.25) is 9.59 Å². The summed E-state index contributed by atoms with van der Waals surface area (Å²) in [7, 11) is 1.70. The van der Waals surface area contributed by atoms with Crippen LogP contribution in [-0.2, 0) is 11.2 Å². The molecule has 0 saturated heterocycles. The van der Waals surface area contributed by atoms with Gasteiger partial charge in [0.05, 0.1) is 12.8 Å². The summed E-state index contributed by atoms with van der Waals surface area (Å²) in [5.74, 6) is 1.44. The fraction of sp³-hybridized carbons (Fsp3) is 0.391. The van der Waals surface area contributed by atoms with E-state index in [-0.39, 0.29) is 30.7 Å². The number of hydrogen-bond acceptors (Lipinski definition) is 5. The Balaban J connectivity index is 0.00000320. The van der Waals surface area contributed by atoms with Crippen LogP contribution in [0.3, 0.4) is 0 Å². The quantitative estimate of drug-likeness (QED) is 0.414. The fourth-order valence-corrected chi connectivity index (χ4v) is 3.37. The zero-order chi connectivity index (χ0) is 20.5. The van der Waals surface area contributed by atoms with Gasteiger partial charge in [0.1, 0.15) is 11.5 Å². The molecule has 1 aliphatic heterocycles. The van der Waals surface area contributed by atoms with Crippen LogP contribution in [0.1, 0.15) is 41.6 Å². The summed E-state index contributed by atoms with van der Waals surface area (Å²) in [6.45, 7) is 1.86. The van der Waals surface area contributed by atoms with E-state index >= 15 is 0 Å². The number of unbranched alkanes of at least 4 members (excludes halogenated alkanes) is 2. The van der Waals surface area contributed by atoms with Crippen molar-refractivity contribution in [3.63, 3.8) is 0 Å². The number of rotatable bonds is 11. The Bertz CT molecular complexity index is 857. The molecule has 0 radical (unpaired) electrons. The minimum Gasteiger partial charge on any atom is -0.496 e. The Labute approximate surface area is 183 Å². The summed E-state index contributed by atoms with van der Waals surface area (Å²) in [6.07, 6.45) is 4.33. The second-order valence-corrected chi connectivity index (χ2v) is 7.09. The number of fused-ring (bicyclic) bond motifs is 1. The predicted octanol–water partition coefficient (Wildman–Crippen LogP) is 4.02. The number of carbonyl (C=O) groups excluding carboxylic acids is 2. The number of carbonyl (C=O) groups is 2. The average Bonchev–Trinajstić information content (AvgIpc) is 2.75. The van der Waals surface area contributed by atoms with Gasteiger partial charge in [0, 0.05) is 12.0 Å². The topological polar surface area (TPSA) is 76.7 Å². The number of Topliss-reactive ketones (excluding diaryl/α,β-unsaturated/α-hetero) is 1. The van der Waals surface area contributed by atoms with Gasteiger partial charge in [-0.15, -0.1) is 12.4 Å². The lowest BCUT2D eigenvalue weighted by molar-refractivity contribution is -0.118. The average molecular weight is 433 g/mol. The first-order valence-electron chi connectivity index (χ1n) is 10.1. The molecule has 0 aromatic heterocycles. The van der Waals surface area contributed by atoms with Crippen molar-refractivity contribution in [2.24, 2.45) is 0 Å². The molecule has 1 heterocycles. The lowest BCUT2D eigenvalue weighted by Gasteiger charge is -2.18. The van der Waals surface area contributed by atoms with E-state index in [0.717, 1.165) is 44.5 Å². The zero-order valence-electron chi connectivity index (χ0n) is 17.2. The van der Waals surface area contributed by atoms with Gasteiger partial charge in [-0.05, 0) is 62.2 Å². The summed E-state index contributed by atoms with van der Waals surface area (Å²) >= 11 is 0. The number of para-hydroxylation sites is 1. The van der Waals surface area contributed by atoms with Crippen LogP contribution >= 0.6 is 12.4 Å². The van der Waals surface area contributed by atoms with E-state index in [2.05, 4.69) is 16.7 Å². The minimum atomic E-state index is -0.194. The number of ether oxygens (including phenoxy) is 2. The van der Waals surface area contributed by atoms with E-state index in [0.29, 0.717) is 23.4 Å². The Kier molecular flexibility index (Phi) is 9.64. The normalized spacial score (nSPS) is 12.2. The lowest BCUT2D eigenvalue weighted by atomic mass is 10.0. The maximum Gasteiger partial charge on any atom is 0.262 e. The van der Waals surface area contributed by atoms with E-state index in [1.54, 1.807) is 25.3 Å². The van der Waals surface area contributed by atoms with E-state index < -0.39 is 0 Å². The van der Waals surface area contributed by atoms with Crippen molar-refractivity contribution in [2.75, 3.05) is 32.1 Å². The third kappa shape index (κ3) is 6.75. The molecule has 0 aliphatic carbocycles. The number of hydrogen-bond donors (Lipinski definition) is 2. The van der Waals surface area contributed by atoms with Crippen molar-refractivity contribution in [3.05, 3.63) is 53.6 Å². The fourth-order valence-electron chi connectivity index (χ4n) is 3.37. The van der Waals surface area contributed by atoms with Gasteiger partial charge >= 0.3 is 0 Å². The van der Waals surface area contributed by atoms with Crippen LogP contribution in [-0.4, -0.2) is 38.5 Å². The molecule has 0 fully saturated rings. The second kappa shape index (κ2) is 12.2. The SMILES string of the molecule is COc1ccccc1CCNCCCCCC(=O)c1ccc2c(c1)NC(=O)CO2.Cl. The number of benzene rings is 2. The molecular weight excluding hydrogens is 404 g/mol. The first-order chi connectivity index (χ1) is 14.2. The van der Waals surface area contributed by atoms with Crippen molar-refractivity contribution in [1.82, 2.24) is 5.32 Å². The number of nitrogens with one attached hydrogen (secondary N) is 2. The molecule has 2 aromatic carbocycles. The Hall–Kier alpha value is -2.57. The molecule has 7 heteroatoms. The molecule has 1 aliphatic rings. The molecule has 6 nitrogen and oxygen atoms in total. The van der Waals surface area contributed by atoms with Gasteiger partial charge in [-0.25, -0.2) is 0 Å². The van der Waals surface area contributed by atoms with Crippen LogP contribution in [0.15, 0.2) is 42.5 Å². The van der Waals surface area contributed by atoms with E-state index in [1.807, 2.05) is 18.2 Å². The highest BCUT2D eigenvalue weighted by atomic mass is 35.5. The number of halogens is 1. The van der Waals surface area contributed by atoms with Gasteiger partial charge in [0.15, 0.2) is 12.4 Å². The molecule has 3 rings (SSSR count). The zero-order valence-corrected chi connectivity index (χ0v) is 18.1. The Morgan fingerprint density at radius 3 is 2.80 bits per heavy atom. The molecule has 2 aromatic rings. The van der Waals surface area contributed by atoms with Crippen LogP contribution in [0.4, 0.5) is 5.69 Å². The van der Waals surface area contributed by atoms with Gasteiger partial charge in [-0.2, -0.15) is 0 Å². The first-order valence-corrected chi connectivity index (χ1v) is 10.1. The molecule has 0 saturated carbocycles. The molecule has 0 atom stereocenters. The molecular formula is C23H29ClN2O4. The number of amides is 1. The van der Waals surface area contributed by atoms with E-state index in [9.17, 15) is 9.59 Å². The summed E-state index contributed by atoms with van der Waals surface area (Å²) < 4.78 is 10.7. The van der Waals surface area contributed by atoms with Crippen LogP contribution in [0, 0.1) is 0 Å².